The van der Waals surface area contributed by atoms with Crippen LogP contribution >= 0.6 is 0 Å². The maximum absolute atomic E-state index is 12.7. The second kappa shape index (κ2) is 8.15. The zero-order valence-electron chi connectivity index (χ0n) is 14.3. The van der Waals surface area contributed by atoms with Gasteiger partial charge in [-0.2, -0.15) is 0 Å². The summed E-state index contributed by atoms with van der Waals surface area (Å²) in [6.45, 7) is 2.78. The smallest absolute Gasteiger partial charge is 0.414 e. The van der Waals surface area contributed by atoms with Gasteiger partial charge in [-0.3, -0.25) is 4.90 Å². The quantitative estimate of drug-likeness (QED) is 0.631. The van der Waals surface area contributed by atoms with Gasteiger partial charge in [0.25, 0.3) is 0 Å². The van der Waals surface area contributed by atoms with Crippen molar-refractivity contribution in [3.8, 4) is 0 Å². The molecule has 0 unspecified atom stereocenters. The topological polar surface area (TPSA) is 29.5 Å². The summed E-state index contributed by atoms with van der Waals surface area (Å²) in [4.78, 5) is 14.4. The van der Waals surface area contributed by atoms with Crippen molar-refractivity contribution in [3.63, 3.8) is 0 Å². The standard InChI is InChI=1S/C22H21NO2/c1-18-9-8-12-20(15-18)16-23(21-13-6-3-7-14-21)22(24)25-17-19-10-4-2-5-11-19/h2-15H,16-17H2,1H3. The summed E-state index contributed by atoms with van der Waals surface area (Å²) < 4.78 is 5.53. The Balaban J connectivity index is 1.77. The van der Waals surface area contributed by atoms with Gasteiger partial charge in [-0.1, -0.05) is 78.4 Å². The van der Waals surface area contributed by atoms with E-state index >= 15 is 0 Å². The number of nitrogens with zero attached hydrogens (tertiary/aromatic N) is 1. The monoisotopic (exact) mass is 331 g/mol. The van der Waals surface area contributed by atoms with E-state index in [1.54, 1.807) is 4.90 Å². The van der Waals surface area contributed by atoms with Crippen LogP contribution in [0, 0.1) is 6.92 Å². The van der Waals surface area contributed by atoms with Crippen LogP contribution in [0.5, 0.6) is 0 Å². The number of benzene rings is 3. The Kier molecular flexibility index (Phi) is 5.47. The molecule has 0 spiro atoms. The maximum Gasteiger partial charge on any atom is 0.414 e. The van der Waals surface area contributed by atoms with Gasteiger partial charge < -0.3 is 4.74 Å². The summed E-state index contributed by atoms with van der Waals surface area (Å²) in [6, 6.07) is 27.5. The zero-order valence-corrected chi connectivity index (χ0v) is 14.3. The highest BCUT2D eigenvalue weighted by Gasteiger charge is 2.17. The van der Waals surface area contributed by atoms with Crippen molar-refractivity contribution in [2.75, 3.05) is 4.90 Å². The maximum atomic E-state index is 12.7. The van der Waals surface area contributed by atoms with Crippen LogP contribution < -0.4 is 4.90 Å². The molecule has 0 heterocycles. The molecule has 0 aliphatic heterocycles. The van der Waals surface area contributed by atoms with Gasteiger partial charge in [-0.05, 0) is 30.2 Å². The number of para-hydroxylation sites is 1. The third-order valence-corrected chi connectivity index (χ3v) is 3.92. The molecule has 0 aromatic heterocycles. The first-order chi connectivity index (χ1) is 12.2. The van der Waals surface area contributed by atoms with Crippen molar-refractivity contribution < 1.29 is 9.53 Å². The van der Waals surface area contributed by atoms with Gasteiger partial charge >= 0.3 is 6.09 Å². The van der Waals surface area contributed by atoms with Crippen molar-refractivity contribution in [2.24, 2.45) is 0 Å². The predicted octanol–water partition coefficient (Wildman–Crippen LogP) is 5.34. The summed E-state index contributed by atoms with van der Waals surface area (Å²) in [5.41, 5.74) is 4.03. The van der Waals surface area contributed by atoms with Gasteiger partial charge in [0.15, 0.2) is 0 Å². The first-order valence-corrected chi connectivity index (χ1v) is 8.31. The minimum Gasteiger partial charge on any atom is -0.444 e. The Morgan fingerprint density at radius 3 is 2.16 bits per heavy atom. The number of amides is 1. The highest BCUT2D eigenvalue weighted by Crippen LogP contribution is 2.19. The molecule has 25 heavy (non-hydrogen) atoms. The lowest BCUT2D eigenvalue weighted by atomic mass is 10.1. The van der Waals surface area contributed by atoms with E-state index < -0.39 is 0 Å². The summed E-state index contributed by atoms with van der Waals surface area (Å²) >= 11 is 0. The van der Waals surface area contributed by atoms with E-state index in [2.05, 4.69) is 6.07 Å². The van der Waals surface area contributed by atoms with E-state index in [1.165, 1.54) is 5.56 Å². The summed E-state index contributed by atoms with van der Waals surface area (Å²) in [5.74, 6) is 0. The first-order valence-electron chi connectivity index (χ1n) is 8.31. The molecule has 0 aliphatic rings. The number of aryl methyl sites for hydroxylation is 1. The van der Waals surface area contributed by atoms with Crippen LogP contribution in [0.3, 0.4) is 0 Å². The summed E-state index contributed by atoms with van der Waals surface area (Å²) in [6.07, 6.45) is -0.350. The normalized spacial score (nSPS) is 10.3. The Labute approximate surface area is 148 Å². The van der Waals surface area contributed by atoms with Gasteiger partial charge in [-0.25, -0.2) is 4.79 Å². The minimum atomic E-state index is -0.350. The van der Waals surface area contributed by atoms with Crippen molar-refractivity contribution in [1.82, 2.24) is 0 Å². The second-order valence-electron chi connectivity index (χ2n) is 5.95. The van der Waals surface area contributed by atoms with E-state index in [1.807, 2.05) is 85.8 Å². The lowest BCUT2D eigenvalue weighted by molar-refractivity contribution is 0.146. The van der Waals surface area contributed by atoms with Crippen LogP contribution in [0.2, 0.25) is 0 Å². The average molecular weight is 331 g/mol. The highest BCUT2D eigenvalue weighted by molar-refractivity contribution is 5.87. The average Bonchev–Trinajstić information content (AvgIpc) is 2.66. The molecule has 0 aliphatic carbocycles. The van der Waals surface area contributed by atoms with E-state index in [4.69, 9.17) is 4.74 Å². The molecule has 0 N–H and O–H groups in total. The summed E-state index contributed by atoms with van der Waals surface area (Å²) in [7, 11) is 0. The van der Waals surface area contributed by atoms with Crippen molar-refractivity contribution >= 4 is 11.8 Å². The van der Waals surface area contributed by atoms with Crippen LogP contribution in [-0.4, -0.2) is 6.09 Å². The Hall–Kier alpha value is -3.07. The fourth-order valence-electron chi connectivity index (χ4n) is 2.66. The Morgan fingerprint density at radius 2 is 1.48 bits per heavy atom. The van der Waals surface area contributed by atoms with E-state index in [9.17, 15) is 4.79 Å². The van der Waals surface area contributed by atoms with Crippen LogP contribution in [-0.2, 0) is 17.9 Å². The molecule has 0 radical (unpaired) electrons. The molecule has 0 saturated heterocycles. The predicted molar refractivity (Wildman–Crippen MR) is 100 cm³/mol. The lowest BCUT2D eigenvalue weighted by Gasteiger charge is -2.22. The number of hydrogen-bond donors (Lipinski definition) is 0. The van der Waals surface area contributed by atoms with E-state index in [0.29, 0.717) is 6.54 Å². The van der Waals surface area contributed by atoms with Crippen LogP contribution in [0.4, 0.5) is 10.5 Å². The lowest BCUT2D eigenvalue weighted by Crippen LogP contribution is -2.31. The molecule has 1 amide bonds. The molecule has 0 atom stereocenters. The Bertz CT molecular complexity index is 816. The number of anilines is 1. The fraction of sp³-hybridized carbons (Fsp3) is 0.136. The molecule has 0 saturated carbocycles. The van der Waals surface area contributed by atoms with Gasteiger partial charge in [-0.15, -0.1) is 0 Å². The molecule has 0 bridgehead atoms. The third kappa shape index (κ3) is 4.70. The molecule has 3 aromatic carbocycles. The zero-order chi connectivity index (χ0) is 17.5. The highest BCUT2D eigenvalue weighted by atomic mass is 16.6. The molecular weight excluding hydrogens is 310 g/mol. The summed E-state index contributed by atoms with van der Waals surface area (Å²) in [5, 5.41) is 0. The SMILES string of the molecule is Cc1cccc(CN(C(=O)OCc2ccccc2)c2ccccc2)c1. The van der Waals surface area contributed by atoms with E-state index in [-0.39, 0.29) is 12.7 Å². The molecular formula is C22H21NO2. The van der Waals surface area contributed by atoms with Crippen LogP contribution in [0.1, 0.15) is 16.7 Å². The second-order valence-corrected chi connectivity index (χ2v) is 5.95. The molecule has 126 valence electrons. The van der Waals surface area contributed by atoms with Gasteiger partial charge in [0.05, 0.1) is 6.54 Å². The number of rotatable bonds is 5. The van der Waals surface area contributed by atoms with Gasteiger partial charge in [0, 0.05) is 5.69 Å². The Morgan fingerprint density at radius 1 is 0.840 bits per heavy atom. The van der Waals surface area contributed by atoms with Gasteiger partial charge in [0.2, 0.25) is 0 Å². The number of hydrogen-bond acceptors (Lipinski definition) is 2. The number of carbonyl (C=O) groups is 1. The van der Waals surface area contributed by atoms with Crippen molar-refractivity contribution in [1.29, 1.82) is 0 Å². The minimum absolute atomic E-state index is 0.261. The molecule has 3 rings (SSSR count). The van der Waals surface area contributed by atoms with E-state index in [0.717, 1.165) is 16.8 Å². The number of ether oxygens (including phenoxy) is 1. The molecule has 3 aromatic rings. The van der Waals surface area contributed by atoms with Crippen LogP contribution in [0.25, 0.3) is 0 Å². The first kappa shape index (κ1) is 16.8. The fourth-order valence-corrected chi connectivity index (χ4v) is 2.66. The molecule has 3 heteroatoms. The van der Waals surface area contributed by atoms with Gasteiger partial charge in [0.1, 0.15) is 6.61 Å². The third-order valence-electron chi connectivity index (χ3n) is 3.92. The van der Waals surface area contributed by atoms with Crippen molar-refractivity contribution in [3.05, 3.63) is 102 Å². The molecule has 0 fully saturated rings. The molecule has 3 nitrogen and oxygen atoms in total. The largest absolute Gasteiger partial charge is 0.444 e. The van der Waals surface area contributed by atoms with Crippen molar-refractivity contribution in [2.45, 2.75) is 20.1 Å². The van der Waals surface area contributed by atoms with Crippen LogP contribution in [0.15, 0.2) is 84.9 Å². The number of carbonyl (C=O) groups excluding carboxylic acids is 1.